The van der Waals surface area contributed by atoms with E-state index in [-0.39, 0.29) is 16.8 Å². The van der Waals surface area contributed by atoms with Gasteiger partial charge >= 0.3 is 0 Å². The third-order valence-corrected chi connectivity index (χ3v) is 1.55. The molecular weight excluding hydrogens is 178 g/mol. The Morgan fingerprint density at radius 3 is 2.62 bits per heavy atom. The maximum atomic E-state index is 12.3. The molecule has 0 unspecified atom stereocenters. The van der Waals surface area contributed by atoms with Crippen LogP contribution in [0.3, 0.4) is 0 Å². The standard InChI is InChI=1S/C8H8F2N2O/c9-2-5-1-6(3-10)7(8(11)13)12-4-5/h1,4H,2-3H2,(H2,11,13). The first-order valence-corrected chi connectivity index (χ1v) is 3.58. The number of nitrogens with zero attached hydrogens (tertiary/aromatic N) is 1. The number of carbonyl (C=O) groups excluding carboxylic acids is 1. The second kappa shape index (κ2) is 3.93. The van der Waals surface area contributed by atoms with Gasteiger partial charge < -0.3 is 5.73 Å². The molecule has 0 aliphatic carbocycles. The first kappa shape index (κ1) is 9.57. The lowest BCUT2D eigenvalue weighted by Gasteiger charge is -2.02. The molecule has 0 saturated carbocycles. The van der Waals surface area contributed by atoms with E-state index >= 15 is 0 Å². The summed E-state index contributed by atoms with van der Waals surface area (Å²) in [5.74, 6) is -0.807. The number of hydrogen-bond acceptors (Lipinski definition) is 2. The van der Waals surface area contributed by atoms with Crippen molar-refractivity contribution in [1.82, 2.24) is 4.98 Å². The molecule has 1 rings (SSSR count). The minimum Gasteiger partial charge on any atom is -0.364 e. The van der Waals surface area contributed by atoms with Crippen molar-refractivity contribution in [2.45, 2.75) is 13.3 Å². The van der Waals surface area contributed by atoms with Crippen LogP contribution >= 0.6 is 0 Å². The van der Waals surface area contributed by atoms with Gasteiger partial charge in [-0.2, -0.15) is 0 Å². The van der Waals surface area contributed by atoms with Gasteiger partial charge in [-0.1, -0.05) is 0 Å². The van der Waals surface area contributed by atoms with E-state index in [1.807, 2.05) is 0 Å². The quantitative estimate of drug-likeness (QED) is 0.768. The molecule has 1 amide bonds. The van der Waals surface area contributed by atoms with Crippen LogP contribution in [0.1, 0.15) is 21.6 Å². The summed E-state index contributed by atoms with van der Waals surface area (Å²) in [7, 11) is 0. The summed E-state index contributed by atoms with van der Waals surface area (Å²) in [5.41, 5.74) is 5.04. The van der Waals surface area contributed by atoms with Crippen LogP contribution in [0.5, 0.6) is 0 Å². The van der Waals surface area contributed by atoms with E-state index in [1.54, 1.807) is 0 Å². The Morgan fingerprint density at radius 2 is 2.15 bits per heavy atom. The Labute approximate surface area is 73.6 Å². The zero-order valence-electron chi connectivity index (χ0n) is 6.76. The first-order chi connectivity index (χ1) is 6.19. The van der Waals surface area contributed by atoms with Gasteiger partial charge in [-0.15, -0.1) is 0 Å². The van der Waals surface area contributed by atoms with E-state index in [1.165, 1.54) is 12.3 Å². The Morgan fingerprint density at radius 1 is 1.46 bits per heavy atom. The highest BCUT2D eigenvalue weighted by atomic mass is 19.1. The van der Waals surface area contributed by atoms with E-state index in [0.29, 0.717) is 0 Å². The number of carbonyl (C=O) groups is 1. The molecule has 0 saturated heterocycles. The van der Waals surface area contributed by atoms with E-state index in [9.17, 15) is 13.6 Å². The summed E-state index contributed by atoms with van der Waals surface area (Å²) < 4.78 is 24.4. The highest BCUT2D eigenvalue weighted by Crippen LogP contribution is 2.10. The van der Waals surface area contributed by atoms with Gasteiger partial charge in [0.2, 0.25) is 0 Å². The molecule has 0 aliphatic rings. The van der Waals surface area contributed by atoms with Crippen molar-refractivity contribution in [3.63, 3.8) is 0 Å². The van der Waals surface area contributed by atoms with Crippen LogP contribution < -0.4 is 5.73 Å². The van der Waals surface area contributed by atoms with Crippen molar-refractivity contribution < 1.29 is 13.6 Å². The molecule has 1 aromatic rings. The van der Waals surface area contributed by atoms with Gasteiger partial charge in [0.05, 0.1) is 0 Å². The van der Waals surface area contributed by atoms with Gasteiger partial charge in [0, 0.05) is 17.3 Å². The molecule has 5 heteroatoms. The van der Waals surface area contributed by atoms with Crippen LogP contribution in [0.2, 0.25) is 0 Å². The molecule has 0 bridgehead atoms. The first-order valence-electron chi connectivity index (χ1n) is 3.58. The Hall–Kier alpha value is -1.52. The smallest absolute Gasteiger partial charge is 0.267 e. The molecule has 0 spiro atoms. The molecule has 2 N–H and O–H groups in total. The summed E-state index contributed by atoms with van der Waals surface area (Å²) in [5, 5.41) is 0. The number of pyridine rings is 1. The van der Waals surface area contributed by atoms with Gasteiger partial charge in [0.15, 0.2) is 0 Å². The normalized spacial score (nSPS) is 10.0. The van der Waals surface area contributed by atoms with Crippen molar-refractivity contribution in [2.75, 3.05) is 0 Å². The van der Waals surface area contributed by atoms with Crippen molar-refractivity contribution in [3.8, 4) is 0 Å². The zero-order valence-corrected chi connectivity index (χ0v) is 6.76. The maximum Gasteiger partial charge on any atom is 0.267 e. The Kier molecular flexibility index (Phi) is 2.89. The lowest BCUT2D eigenvalue weighted by molar-refractivity contribution is 0.0993. The molecule has 70 valence electrons. The third-order valence-electron chi connectivity index (χ3n) is 1.55. The topological polar surface area (TPSA) is 56.0 Å². The summed E-state index contributed by atoms with van der Waals surface area (Å²) in [6.45, 7) is -1.61. The molecule has 0 fully saturated rings. The van der Waals surface area contributed by atoms with Crippen LogP contribution in [0, 0.1) is 0 Å². The van der Waals surface area contributed by atoms with Gasteiger partial charge in [-0.25, -0.2) is 8.78 Å². The predicted molar refractivity (Wildman–Crippen MR) is 42.4 cm³/mol. The highest BCUT2D eigenvalue weighted by Gasteiger charge is 2.10. The molecule has 0 atom stereocenters. The summed E-state index contributed by atoms with van der Waals surface area (Å²) in [6.07, 6.45) is 1.17. The number of nitrogens with two attached hydrogens (primary N) is 1. The largest absolute Gasteiger partial charge is 0.364 e. The minimum atomic E-state index is -0.876. The molecule has 1 aromatic heterocycles. The maximum absolute atomic E-state index is 12.3. The second-order valence-corrected chi connectivity index (χ2v) is 2.48. The van der Waals surface area contributed by atoms with Gasteiger partial charge in [0.25, 0.3) is 5.91 Å². The summed E-state index contributed by atoms with van der Waals surface area (Å²) >= 11 is 0. The molecule has 0 aromatic carbocycles. The number of rotatable bonds is 3. The summed E-state index contributed by atoms with van der Waals surface area (Å²) in [4.78, 5) is 14.2. The van der Waals surface area contributed by atoms with Crippen LogP contribution in [-0.2, 0) is 13.3 Å². The van der Waals surface area contributed by atoms with Crippen LogP contribution in [-0.4, -0.2) is 10.9 Å². The Bertz CT molecular complexity index is 328. The minimum absolute atomic E-state index is 0.0302. The van der Waals surface area contributed by atoms with E-state index in [2.05, 4.69) is 4.98 Å². The number of hydrogen-bond donors (Lipinski definition) is 1. The molecule has 1 heterocycles. The lowest BCUT2D eigenvalue weighted by atomic mass is 10.1. The lowest BCUT2D eigenvalue weighted by Crippen LogP contribution is -2.15. The fourth-order valence-corrected chi connectivity index (χ4v) is 0.957. The van der Waals surface area contributed by atoms with Gasteiger partial charge in [-0.3, -0.25) is 9.78 Å². The van der Waals surface area contributed by atoms with Gasteiger partial charge in [-0.05, 0) is 6.07 Å². The number of amides is 1. The fraction of sp³-hybridized carbons (Fsp3) is 0.250. The third kappa shape index (κ3) is 1.99. The second-order valence-electron chi connectivity index (χ2n) is 2.48. The van der Waals surface area contributed by atoms with Crippen molar-refractivity contribution >= 4 is 5.91 Å². The number of alkyl halides is 2. The number of primary amides is 1. The molecule has 0 radical (unpaired) electrons. The zero-order chi connectivity index (χ0) is 9.84. The van der Waals surface area contributed by atoms with Crippen LogP contribution in [0.25, 0.3) is 0 Å². The van der Waals surface area contributed by atoms with Gasteiger partial charge in [0.1, 0.15) is 19.0 Å². The molecule has 13 heavy (non-hydrogen) atoms. The number of aromatic nitrogens is 1. The van der Waals surface area contributed by atoms with Crippen LogP contribution in [0.4, 0.5) is 8.78 Å². The number of halogens is 2. The molecule has 0 aliphatic heterocycles. The van der Waals surface area contributed by atoms with E-state index < -0.39 is 19.3 Å². The van der Waals surface area contributed by atoms with Crippen molar-refractivity contribution in [1.29, 1.82) is 0 Å². The van der Waals surface area contributed by atoms with E-state index in [4.69, 9.17) is 5.73 Å². The SMILES string of the molecule is NC(=O)c1ncc(CF)cc1CF. The average molecular weight is 186 g/mol. The summed E-state index contributed by atoms with van der Waals surface area (Å²) in [6, 6.07) is 1.24. The predicted octanol–water partition coefficient (Wildman–Crippen LogP) is 1.12. The highest BCUT2D eigenvalue weighted by molar-refractivity contribution is 5.92. The molecule has 3 nitrogen and oxygen atoms in total. The van der Waals surface area contributed by atoms with Crippen molar-refractivity contribution in [2.24, 2.45) is 5.73 Å². The van der Waals surface area contributed by atoms with E-state index in [0.717, 1.165) is 0 Å². The monoisotopic (exact) mass is 186 g/mol. The van der Waals surface area contributed by atoms with Crippen molar-refractivity contribution in [3.05, 3.63) is 29.1 Å². The van der Waals surface area contributed by atoms with Crippen LogP contribution in [0.15, 0.2) is 12.3 Å². The average Bonchev–Trinajstić information content (AvgIpc) is 2.16. The fourth-order valence-electron chi connectivity index (χ4n) is 0.957. The Balaban J connectivity index is 3.15. The molecular formula is C8H8F2N2O.